The van der Waals surface area contributed by atoms with Gasteiger partial charge in [-0.3, -0.25) is 4.98 Å². The first-order chi connectivity index (χ1) is 33.4. The molecule has 11 rings (SSSR count). The Morgan fingerprint density at radius 2 is 1.29 bits per heavy atom. The van der Waals surface area contributed by atoms with E-state index < -0.39 is 13.3 Å². The van der Waals surface area contributed by atoms with E-state index in [4.69, 9.17) is 14.4 Å². The fraction of sp³-hybridized carbons (Fsp3) is 0.143. The third-order valence-electron chi connectivity index (χ3n) is 12.8. The molecule has 0 saturated carbocycles. The number of aryl methyl sites for hydroxylation is 2. The molecule has 0 aliphatic heterocycles. The summed E-state index contributed by atoms with van der Waals surface area (Å²) in [5.41, 5.74) is 17.3. The van der Waals surface area contributed by atoms with Crippen LogP contribution in [0.3, 0.4) is 0 Å². The van der Waals surface area contributed by atoms with Crippen molar-refractivity contribution >= 4 is 50.6 Å². The maximum absolute atomic E-state index is 14.4. The number of nitrogens with zero attached hydrogens (tertiary/aromatic N) is 3. The third-order valence-corrected chi connectivity index (χ3v) is 17.2. The van der Waals surface area contributed by atoms with Gasteiger partial charge >= 0.3 is 165 Å². The molecule has 0 unspecified atom stereocenters. The summed E-state index contributed by atoms with van der Waals surface area (Å²) in [6.07, 6.45) is 3.10. The van der Waals surface area contributed by atoms with Crippen LogP contribution < -0.4 is 4.40 Å². The number of aromatic nitrogens is 3. The average molecular weight is 1150 g/mol. The minimum atomic E-state index is -2.00. The Kier molecular flexibility index (Phi) is 14.0. The minimum absolute atomic E-state index is 0. The van der Waals surface area contributed by atoms with Crippen LogP contribution in [0.25, 0.3) is 94.7 Å². The molecular formula is C63H54FGeIrN3O-2. The SMILES string of the molecule is CC(C)Cc1cc(-c2[c-]cc(F)c(-c3ccccc3)c2)nc[c]1[Ge]([CH3])([CH3])[CH3].Cc1cc(-c2ccccc2)cc(C)c1-n1c(-c2[c-]ccc3c2oc2ccc(-c4ccccc4)cc23)nc2ccccc21.[Ir]. The summed E-state index contributed by atoms with van der Waals surface area (Å²) in [6.45, 7) is 8.86. The molecule has 7 heteroatoms. The summed E-state index contributed by atoms with van der Waals surface area (Å²) in [7, 11) is 0. The summed E-state index contributed by atoms with van der Waals surface area (Å²) < 4.78 is 24.7. The van der Waals surface area contributed by atoms with Crippen LogP contribution in [0.15, 0.2) is 187 Å². The number of pyridine rings is 1. The molecule has 3 aromatic heterocycles. The van der Waals surface area contributed by atoms with Gasteiger partial charge in [0.25, 0.3) is 0 Å². The van der Waals surface area contributed by atoms with Crippen LogP contribution in [0.1, 0.15) is 30.5 Å². The fourth-order valence-corrected chi connectivity index (χ4v) is 13.0. The molecule has 0 atom stereocenters. The van der Waals surface area contributed by atoms with E-state index >= 15 is 0 Å². The summed E-state index contributed by atoms with van der Waals surface area (Å²) in [4.78, 5) is 9.92. The quantitative estimate of drug-likeness (QED) is 0.107. The molecule has 8 aromatic carbocycles. The van der Waals surface area contributed by atoms with Gasteiger partial charge in [0.2, 0.25) is 0 Å². The largest absolute Gasteiger partial charge is 0.501 e. The Bertz CT molecular complexity index is 3610. The summed E-state index contributed by atoms with van der Waals surface area (Å²) in [5, 5.41) is 2.15. The third kappa shape index (κ3) is 9.74. The zero-order chi connectivity index (χ0) is 47.8. The van der Waals surface area contributed by atoms with Crippen LogP contribution in [0.2, 0.25) is 17.3 Å². The normalized spacial score (nSPS) is 11.5. The van der Waals surface area contributed by atoms with E-state index in [1.54, 1.807) is 0 Å². The number of hydrogen-bond donors (Lipinski definition) is 0. The average Bonchev–Trinajstić information content (AvgIpc) is 3.93. The zero-order valence-corrected chi connectivity index (χ0v) is 45.1. The number of benzene rings is 8. The van der Waals surface area contributed by atoms with Crippen molar-refractivity contribution in [3.63, 3.8) is 0 Å². The number of halogens is 1. The van der Waals surface area contributed by atoms with E-state index in [2.05, 4.69) is 183 Å². The van der Waals surface area contributed by atoms with E-state index in [0.717, 1.165) is 78.9 Å². The molecule has 0 bridgehead atoms. The van der Waals surface area contributed by atoms with E-state index in [0.29, 0.717) is 11.5 Å². The number of para-hydroxylation sites is 2. The van der Waals surface area contributed by atoms with Crippen LogP contribution in [-0.2, 0) is 26.5 Å². The van der Waals surface area contributed by atoms with E-state index in [-0.39, 0.29) is 25.9 Å². The zero-order valence-electron chi connectivity index (χ0n) is 40.6. The van der Waals surface area contributed by atoms with Crippen molar-refractivity contribution in [3.05, 3.63) is 217 Å². The van der Waals surface area contributed by atoms with Crippen LogP contribution in [0.5, 0.6) is 0 Å². The van der Waals surface area contributed by atoms with Crippen molar-refractivity contribution in [1.29, 1.82) is 0 Å². The van der Waals surface area contributed by atoms with Gasteiger partial charge in [0, 0.05) is 31.2 Å². The maximum Gasteiger partial charge on any atom is 0.120 e. The Hall–Kier alpha value is -6.70. The molecule has 0 amide bonds. The predicted octanol–water partition coefficient (Wildman–Crippen LogP) is 16.4. The van der Waals surface area contributed by atoms with Crippen molar-refractivity contribution in [2.45, 2.75) is 51.4 Å². The molecule has 3 heterocycles. The molecule has 349 valence electrons. The van der Waals surface area contributed by atoms with Gasteiger partial charge in [-0.15, -0.1) is 18.2 Å². The first kappa shape index (κ1) is 48.3. The Balaban J connectivity index is 0.000000189. The first-order valence-electron chi connectivity index (χ1n) is 23.7. The molecule has 0 fully saturated rings. The Morgan fingerprint density at radius 3 is 1.94 bits per heavy atom. The maximum atomic E-state index is 14.4. The van der Waals surface area contributed by atoms with E-state index in [1.165, 1.54) is 43.8 Å². The van der Waals surface area contributed by atoms with Crippen LogP contribution >= 0.6 is 0 Å². The molecule has 4 nitrogen and oxygen atoms in total. The van der Waals surface area contributed by atoms with Gasteiger partial charge in [-0.2, -0.15) is 0 Å². The van der Waals surface area contributed by atoms with Gasteiger partial charge < -0.3 is 8.98 Å². The fourth-order valence-electron chi connectivity index (χ4n) is 9.63. The molecule has 0 aliphatic carbocycles. The second kappa shape index (κ2) is 20.3. The van der Waals surface area contributed by atoms with Gasteiger partial charge in [0.05, 0.1) is 22.4 Å². The van der Waals surface area contributed by atoms with Crippen molar-refractivity contribution in [2.24, 2.45) is 5.92 Å². The minimum Gasteiger partial charge on any atom is -0.501 e. The van der Waals surface area contributed by atoms with Crippen LogP contribution in [0, 0.1) is 37.7 Å². The van der Waals surface area contributed by atoms with E-state index in [9.17, 15) is 4.39 Å². The molecule has 11 aromatic rings. The van der Waals surface area contributed by atoms with Crippen molar-refractivity contribution in [2.75, 3.05) is 0 Å². The first-order valence-corrected chi connectivity index (χ1v) is 31.1. The summed E-state index contributed by atoms with van der Waals surface area (Å²) >= 11 is -2.00. The van der Waals surface area contributed by atoms with Crippen molar-refractivity contribution < 1.29 is 28.9 Å². The van der Waals surface area contributed by atoms with Crippen LogP contribution in [-0.4, -0.2) is 27.8 Å². The molecule has 70 heavy (non-hydrogen) atoms. The van der Waals surface area contributed by atoms with Crippen molar-refractivity contribution in [3.8, 4) is 61.7 Å². The number of furan rings is 1. The number of fused-ring (bicyclic) bond motifs is 4. The molecule has 0 aliphatic rings. The Morgan fingerprint density at radius 1 is 0.657 bits per heavy atom. The molecule has 0 N–H and O–H groups in total. The standard InChI is InChI=1S/C39H27N2O.C24H27FGeN.Ir/c1-25-22-30(28-14-7-4-8-15-28)23-26(2)37(25)41-35-19-10-9-18-34(35)40-39(41)32-17-11-16-31-33-24-29(27-12-5-3-6-13-27)20-21-36(33)42-38(31)32;1-17(2)13-20-15-24(27-16-23(20)26(3,4)5)19-11-12-22(25)21(14-19)18-9-7-6-8-10-18;/h3-16,18-24H,1-2H3;6-10,12,14-17H,13H2,1-5H3;/q2*-1;. The van der Waals surface area contributed by atoms with Gasteiger partial charge in [0.1, 0.15) is 5.58 Å². The second-order valence-corrected chi connectivity index (χ2v) is 30.0. The summed E-state index contributed by atoms with van der Waals surface area (Å²) in [5.74, 6) is 8.35. The predicted molar refractivity (Wildman–Crippen MR) is 288 cm³/mol. The number of rotatable bonds is 9. The van der Waals surface area contributed by atoms with Gasteiger partial charge in [-0.1, -0.05) is 89.8 Å². The molecular weight excluding hydrogens is 1100 g/mol. The van der Waals surface area contributed by atoms with Crippen molar-refractivity contribution in [1.82, 2.24) is 14.5 Å². The summed E-state index contributed by atoms with van der Waals surface area (Å²) in [6, 6.07) is 66.1. The molecule has 0 saturated heterocycles. The van der Waals surface area contributed by atoms with Crippen LogP contribution in [0.4, 0.5) is 4.39 Å². The molecule has 1 radical (unpaired) electrons. The topological polar surface area (TPSA) is 43.9 Å². The van der Waals surface area contributed by atoms with Gasteiger partial charge in [0.15, 0.2) is 0 Å². The second-order valence-electron chi connectivity index (χ2n) is 19.4. The van der Waals surface area contributed by atoms with E-state index in [1.807, 2.05) is 54.6 Å². The Labute approximate surface area is 427 Å². The van der Waals surface area contributed by atoms with Gasteiger partial charge in [-0.25, -0.2) is 0 Å². The smallest absolute Gasteiger partial charge is 0.120 e. The molecule has 0 spiro atoms. The number of imidazole rings is 1. The monoisotopic (exact) mass is 1150 g/mol. The van der Waals surface area contributed by atoms with Gasteiger partial charge in [-0.05, 0) is 83.6 Å². The number of hydrogen-bond acceptors (Lipinski definition) is 3.